The van der Waals surface area contributed by atoms with Crippen molar-refractivity contribution in [2.24, 2.45) is 5.92 Å². The van der Waals surface area contributed by atoms with Crippen molar-refractivity contribution in [2.75, 3.05) is 6.54 Å². The van der Waals surface area contributed by atoms with Crippen molar-refractivity contribution >= 4 is 11.9 Å². The second kappa shape index (κ2) is 9.20. The zero-order valence-corrected chi connectivity index (χ0v) is 15.9. The molecule has 1 aliphatic heterocycles. The van der Waals surface area contributed by atoms with Crippen LogP contribution in [0.15, 0.2) is 30.3 Å². The fraction of sp³-hybridized carbons (Fsp3) is 0.636. The van der Waals surface area contributed by atoms with Crippen LogP contribution in [0.4, 0.5) is 0 Å². The van der Waals surface area contributed by atoms with Crippen LogP contribution in [0.5, 0.6) is 0 Å². The van der Waals surface area contributed by atoms with E-state index in [0.29, 0.717) is 17.5 Å². The molecule has 1 aromatic rings. The Labute approximate surface area is 156 Å². The van der Waals surface area contributed by atoms with Gasteiger partial charge in [0.05, 0.1) is 12.0 Å². The Morgan fingerprint density at radius 1 is 1.04 bits per heavy atom. The molecule has 1 heterocycles. The van der Waals surface area contributed by atoms with Gasteiger partial charge in [-0.2, -0.15) is 0 Å². The topological polar surface area (TPSA) is 46.6 Å². The van der Waals surface area contributed by atoms with Crippen LogP contribution in [0.2, 0.25) is 0 Å². The molecule has 0 spiro atoms. The summed E-state index contributed by atoms with van der Waals surface area (Å²) in [6, 6.07) is 9.37. The van der Waals surface area contributed by atoms with Gasteiger partial charge >= 0.3 is 5.97 Å². The van der Waals surface area contributed by atoms with Gasteiger partial charge in [-0.3, -0.25) is 4.79 Å². The summed E-state index contributed by atoms with van der Waals surface area (Å²) >= 11 is 0. The van der Waals surface area contributed by atoms with E-state index in [1.807, 2.05) is 25.1 Å². The Kier molecular flexibility index (Phi) is 6.70. The van der Waals surface area contributed by atoms with E-state index >= 15 is 0 Å². The Hall–Kier alpha value is -1.84. The second-order valence-corrected chi connectivity index (χ2v) is 7.83. The van der Waals surface area contributed by atoms with Crippen LogP contribution in [0, 0.1) is 5.92 Å². The molecule has 1 saturated carbocycles. The maximum absolute atomic E-state index is 12.9. The van der Waals surface area contributed by atoms with Crippen LogP contribution in [-0.2, 0) is 9.53 Å². The first kappa shape index (κ1) is 18.9. The van der Waals surface area contributed by atoms with Gasteiger partial charge in [-0.15, -0.1) is 0 Å². The van der Waals surface area contributed by atoms with E-state index in [4.69, 9.17) is 4.74 Å². The molecule has 2 unspecified atom stereocenters. The quantitative estimate of drug-likeness (QED) is 0.725. The number of carbonyl (C=O) groups is 2. The molecule has 4 heteroatoms. The van der Waals surface area contributed by atoms with Crippen molar-refractivity contribution in [1.82, 2.24) is 4.90 Å². The van der Waals surface area contributed by atoms with E-state index in [9.17, 15) is 9.59 Å². The largest absolute Gasteiger partial charge is 0.459 e. The highest BCUT2D eigenvalue weighted by Gasteiger charge is 2.34. The molecule has 2 fully saturated rings. The maximum Gasteiger partial charge on any atom is 0.338 e. The molecule has 2 atom stereocenters. The highest BCUT2D eigenvalue weighted by atomic mass is 16.5. The van der Waals surface area contributed by atoms with Crippen LogP contribution in [0.1, 0.15) is 75.1 Å². The highest BCUT2D eigenvalue weighted by Crippen LogP contribution is 2.34. The standard InChI is InChI=1S/C22H31NO3/c1-17(26-22(25)19-12-6-3-7-13-19)16-21(24)23-15-9-8-14-20(23)18-10-4-2-5-11-18/h3,6-7,12-13,17-18,20H,2,4-5,8-11,14-16H2,1H3. The monoisotopic (exact) mass is 357 g/mol. The summed E-state index contributed by atoms with van der Waals surface area (Å²) < 4.78 is 5.49. The van der Waals surface area contributed by atoms with Crippen LogP contribution in [0.3, 0.4) is 0 Å². The van der Waals surface area contributed by atoms with Crippen molar-refractivity contribution in [3.8, 4) is 0 Å². The summed E-state index contributed by atoms with van der Waals surface area (Å²) in [4.78, 5) is 27.2. The SMILES string of the molecule is CC(CC(=O)N1CCCCC1C1CCCCC1)OC(=O)c1ccccc1. The van der Waals surface area contributed by atoms with Gasteiger partial charge in [0.15, 0.2) is 0 Å². The summed E-state index contributed by atoms with van der Waals surface area (Å²) in [5.41, 5.74) is 0.532. The van der Waals surface area contributed by atoms with Gasteiger partial charge in [-0.05, 0) is 57.1 Å². The Morgan fingerprint density at radius 2 is 1.73 bits per heavy atom. The molecule has 1 amide bonds. The molecular weight excluding hydrogens is 326 g/mol. The number of nitrogens with zero attached hydrogens (tertiary/aromatic N) is 1. The summed E-state index contributed by atoms with van der Waals surface area (Å²) in [5, 5.41) is 0. The number of amides is 1. The van der Waals surface area contributed by atoms with E-state index < -0.39 is 6.10 Å². The van der Waals surface area contributed by atoms with Crippen molar-refractivity contribution in [3.05, 3.63) is 35.9 Å². The molecule has 0 radical (unpaired) electrons. The molecule has 2 aliphatic rings. The van der Waals surface area contributed by atoms with E-state index in [1.54, 1.807) is 12.1 Å². The third kappa shape index (κ3) is 4.87. The smallest absolute Gasteiger partial charge is 0.338 e. The molecule has 1 aliphatic carbocycles. The third-order valence-corrected chi connectivity index (χ3v) is 5.84. The molecule has 142 valence electrons. The zero-order valence-electron chi connectivity index (χ0n) is 15.9. The predicted octanol–water partition coefficient (Wildman–Crippen LogP) is 4.58. The van der Waals surface area contributed by atoms with Crippen molar-refractivity contribution in [2.45, 2.75) is 76.9 Å². The van der Waals surface area contributed by atoms with Gasteiger partial charge in [0.1, 0.15) is 6.10 Å². The first-order valence-corrected chi connectivity index (χ1v) is 10.2. The van der Waals surface area contributed by atoms with Crippen LogP contribution in [-0.4, -0.2) is 35.5 Å². The predicted molar refractivity (Wildman–Crippen MR) is 102 cm³/mol. The maximum atomic E-state index is 12.9. The Morgan fingerprint density at radius 3 is 2.46 bits per heavy atom. The first-order chi connectivity index (χ1) is 12.6. The van der Waals surface area contributed by atoms with E-state index in [1.165, 1.54) is 38.5 Å². The van der Waals surface area contributed by atoms with Crippen LogP contribution < -0.4 is 0 Å². The van der Waals surface area contributed by atoms with Gasteiger partial charge in [-0.25, -0.2) is 4.79 Å². The average molecular weight is 357 g/mol. The normalized spacial score (nSPS) is 22.7. The van der Waals surface area contributed by atoms with E-state index in [0.717, 1.165) is 19.4 Å². The lowest BCUT2D eigenvalue weighted by Gasteiger charge is -2.42. The summed E-state index contributed by atoms with van der Waals surface area (Å²) in [6.07, 6.45) is 9.78. The minimum Gasteiger partial charge on any atom is -0.459 e. The number of benzene rings is 1. The van der Waals surface area contributed by atoms with Gasteiger partial charge in [0.2, 0.25) is 5.91 Å². The van der Waals surface area contributed by atoms with Gasteiger partial charge in [0.25, 0.3) is 0 Å². The number of hydrogen-bond donors (Lipinski definition) is 0. The van der Waals surface area contributed by atoms with Gasteiger partial charge in [-0.1, -0.05) is 37.5 Å². The molecule has 1 aromatic carbocycles. The number of likely N-dealkylation sites (tertiary alicyclic amines) is 1. The van der Waals surface area contributed by atoms with Crippen molar-refractivity contribution in [1.29, 1.82) is 0 Å². The first-order valence-electron chi connectivity index (χ1n) is 10.2. The lowest BCUT2D eigenvalue weighted by Crippen LogP contribution is -2.48. The van der Waals surface area contributed by atoms with Crippen molar-refractivity contribution in [3.63, 3.8) is 0 Å². The molecule has 0 N–H and O–H groups in total. The average Bonchev–Trinajstić information content (AvgIpc) is 2.69. The second-order valence-electron chi connectivity index (χ2n) is 7.83. The summed E-state index contributed by atoms with van der Waals surface area (Å²) in [7, 11) is 0. The fourth-order valence-corrected chi connectivity index (χ4v) is 4.51. The minimum absolute atomic E-state index is 0.147. The number of piperidine rings is 1. The molecule has 0 bridgehead atoms. The summed E-state index contributed by atoms with van der Waals surface area (Å²) in [5.74, 6) is 0.456. The van der Waals surface area contributed by atoms with Crippen LogP contribution >= 0.6 is 0 Å². The zero-order chi connectivity index (χ0) is 18.4. The molecular formula is C22H31NO3. The Balaban J connectivity index is 1.55. The number of hydrogen-bond acceptors (Lipinski definition) is 3. The Bertz CT molecular complexity index is 595. The lowest BCUT2D eigenvalue weighted by molar-refractivity contribution is -0.138. The fourth-order valence-electron chi connectivity index (χ4n) is 4.51. The molecule has 3 rings (SSSR count). The third-order valence-electron chi connectivity index (χ3n) is 5.84. The molecule has 0 aromatic heterocycles. The lowest BCUT2D eigenvalue weighted by atomic mass is 9.80. The van der Waals surface area contributed by atoms with Gasteiger partial charge in [0, 0.05) is 12.6 Å². The molecule has 26 heavy (non-hydrogen) atoms. The number of ether oxygens (including phenoxy) is 1. The summed E-state index contributed by atoms with van der Waals surface area (Å²) in [6.45, 7) is 2.68. The van der Waals surface area contributed by atoms with Gasteiger partial charge < -0.3 is 9.64 Å². The van der Waals surface area contributed by atoms with E-state index in [-0.39, 0.29) is 18.3 Å². The minimum atomic E-state index is -0.399. The van der Waals surface area contributed by atoms with Crippen LogP contribution in [0.25, 0.3) is 0 Å². The molecule has 4 nitrogen and oxygen atoms in total. The highest BCUT2D eigenvalue weighted by molar-refractivity contribution is 5.89. The molecule has 1 saturated heterocycles. The van der Waals surface area contributed by atoms with E-state index in [2.05, 4.69) is 4.90 Å². The number of rotatable bonds is 5. The number of carbonyl (C=O) groups excluding carboxylic acids is 2. The number of esters is 1. The van der Waals surface area contributed by atoms with Crippen molar-refractivity contribution < 1.29 is 14.3 Å².